The van der Waals surface area contributed by atoms with Crippen molar-refractivity contribution in [2.45, 2.75) is 25.8 Å². The van der Waals surface area contributed by atoms with Gasteiger partial charge >= 0.3 is 0 Å². The molecule has 2 aliphatic heterocycles. The number of nitrogens with zero attached hydrogens (tertiary/aromatic N) is 2. The van der Waals surface area contributed by atoms with Crippen molar-refractivity contribution in [2.75, 3.05) is 39.4 Å². The molecule has 3 rings (SSSR count). The van der Waals surface area contributed by atoms with Crippen LogP contribution >= 0.6 is 11.3 Å². The third-order valence-electron chi connectivity index (χ3n) is 5.08. The van der Waals surface area contributed by atoms with E-state index in [1.165, 1.54) is 11.3 Å². The van der Waals surface area contributed by atoms with E-state index < -0.39 is 6.04 Å². The first kappa shape index (κ1) is 18.8. The van der Waals surface area contributed by atoms with Crippen LogP contribution < -0.4 is 5.32 Å². The molecule has 1 N–H and O–H groups in total. The number of hydrogen-bond acceptors (Lipinski definition) is 5. The summed E-state index contributed by atoms with van der Waals surface area (Å²) in [6, 6.07) is 3.02. The van der Waals surface area contributed by atoms with Crippen molar-refractivity contribution in [1.29, 1.82) is 0 Å². The predicted molar refractivity (Wildman–Crippen MR) is 98.0 cm³/mol. The predicted octanol–water partition coefficient (Wildman–Crippen LogP) is 0.964. The number of carbonyl (C=O) groups is 3. The molecule has 8 heteroatoms. The van der Waals surface area contributed by atoms with E-state index >= 15 is 0 Å². The number of nitrogens with one attached hydrogen (secondary N) is 1. The van der Waals surface area contributed by atoms with Crippen LogP contribution in [0.5, 0.6) is 0 Å². The average Bonchev–Trinajstić information content (AvgIpc) is 3.21. The number of rotatable bonds is 4. The van der Waals surface area contributed by atoms with Gasteiger partial charge in [-0.3, -0.25) is 14.4 Å². The molecule has 3 amide bonds. The van der Waals surface area contributed by atoms with Crippen molar-refractivity contribution in [3.63, 3.8) is 0 Å². The number of amides is 3. The first-order valence-electron chi connectivity index (χ1n) is 9.02. The van der Waals surface area contributed by atoms with Crippen LogP contribution in [0.2, 0.25) is 0 Å². The van der Waals surface area contributed by atoms with Crippen molar-refractivity contribution >= 4 is 29.1 Å². The molecule has 0 aromatic carbocycles. The van der Waals surface area contributed by atoms with Crippen molar-refractivity contribution < 1.29 is 19.1 Å². The zero-order valence-corrected chi connectivity index (χ0v) is 15.8. The van der Waals surface area contributed by atoms with Crippen LogP contribution in [0.25, 0.3) is 0 Å². The second-order valence-corrected chi connectivity index (χ2v) is 7.66. The van der Waals surface area contributed by atoms with E-state index in [1.807, 2.05) is 11.4 Å². The largest absolute Gasteiger partial charge is 0.378 e. The fourth-order valence-corrected chi connectivity index (χ4v) is 4.16. The molecule has 2 aliphatic rings. The van der Waals surface area contributed by atoms with Gasteiger partial charge in [0.1, 0.15) is 6.04 Å². The van der Waals surface area contributed by atoms with Crippen molar-refractivity contribution in [3.8, 4) is 0 Å². The minimum Gasteiger partial charge on any atom is -0.378 e. The van der Waals surface area contributed by atoms with Crippen molar-refractivity contribution in [1.82, 2.24) is 15.1 Å². The van der Waals surface area contributed by atoms with E-state index in [1.54, 1.807) is 22.8 Å². The summed E-state index contributed by atoms with van der Waals surface area (Å²) in [5, 5.41) is 4.81. The molecule has 0 radical (unpaired) electrons. The Morgan fingerprint density at radius 2 is 1.85 bits per heavy atom. The number of morpholine rings is 1. The van der Waals surface area contributed by atoms with E-state index in [2.05, 4.69) is 5.32 Å². The standard InChI is InChI=1S/C18H25N3O4S/c1-13(22)20-6-4-14(5-7-20)16(18(24)21-8-10-25-11-9-21)19-17(23)15-3-2-12-26-15/h2-3,12,14,16H,4-11H2,1H3,(H,19,23). The van der Waals surface area contributed by atoms with Crippen LogP contribution in [0.15, 0.2) is 17.5 Å². The third-order valence-corrected chi connectivity index (χ3v) is 5.95. The molecule has 0 spiro atoms. The van der Waals surface area contributed by atoms with Gasteiger partial charge in [0.2, 0.25) is 11.8 Å². The SMILES string of the molecule is CC(=O)N1CCC(C(NC(=O)c2cccs2)C(=O)N2CCOCC2)CC1. The molecule has 7 nitrogen and oxygen atoms in total. The molecule has 1 aromatic heterocycles. The van der Waals surface area contributed by atoms with E-state index in [0.29, 0.717) is 57.1 Å². The Hall–Kier alpha value is -1.93. The number of hydrogen-bond donors (Lipinski definition) is 1. The van der Waals surface area contributed by atoms with Gasteiger partial charge in [-0.1, -0.05) is 6.07 Å². The van der Waals surface area contributed by atoms with Crippen LogP contribution in [0, 0.1) is 5.92 Å². The van der Waals surface area contributed by atoms with Gasteiger partial charge in [0.05, 0.1) is 18.1 Å². The van der Waals surface area contributed by atoms with Crippen LogP contribution in [-0.4, -0.2) is 73.0 Å². The molecule has 142 valence electrons. The van der Waals surface area contributed by atoms with Gasteiger partial charge < -0.3 is 19.9 Å². The lowest BCUT2D eigenvalue weighted by Crippen LogP contribution is -2.56. The summed E-state index contributed by atoms with van der Waals surface area (Å²) in [6.07, 6.45) is 1.43. The monoisotopic (exact) mass is 379 g/mol. The Balaban J connectivity index is 1.71. The number of likely N-dealkylation sites (tertiary alicyclic amines) is 1. The molecule has 3 heterocycles. The van der Waals surface area contributed by atoms with Gasteiger partial charge in [0.15, 0.2) is 0 Å². The van der Waals surface area contributed by atoms with E-state index in [-0.39, 0.29) is 23.6 Å². The smallest absolute Gasteiger partial charge is 0.262 e. The number of piperidine rings is 1. The van der Waals surface area contributed by atoms with Gasteiger partial charge in [-0.05, 0) is 30.2 Å². The highest BCUT2D eigenvalue weighted by atomic mass is 32.1. The first-order chi connectivity index (χ1) is 12.6. The van der Waals surface area contributed by atoms with E-state index in [4.69, 9.17) is 4.74 Å². The average molecular weight is 379 g/mol. The maximum absolute atomic E-state index is 13.1. The summed E-state index contributed by atoms with van der Waals surface area (Å²) in [5.74, 6) is -0.160. The summed E-state index contributed by atoms with van der Waals surface area (Å²) < 4.78 is 5.33. The zero-order chi connectivity index (χ0) is 18.5. The first-order valence-corrected chi connectivity index (χ1v) is 9.90. The molecular formula is C18H25N3O4S. The molecule has 0 bridgehead atoms. The molecule has 1 aromatic rings. The highest BCUT2D eigenvalue weighted by Crippen LogP contribution is 2.23. The molecule has 0 saturated carbocycles. The molecule has 26 heavy (non-hydrogen) atoms. The summed E-state index contributed by atoms with van der Waals surface area (Å²) >= 11 is 1.36. The number of carbonyl (C=O) groups excluding carboxylic acids is 3. The van der Waals surface area contributed by atoms with Crippen LogP contribution in [-0.2, 0) is 14.3 Å². The van der Waals surface area contributed by atoms with Crippen LogP contribution in [0.4, 0.5) is 0 Å². The van der Waals surface area contributed by atoms with Gasteiger partial charge in [-0.25, -0.2) is 0 Å². The van der Waals surface area contributed by atoms with Crippen molar-refractivity contribution in [3.05, 3.63) is 22.4 Å². The Labute approximate surface area is 157 Å². The van der Waals surface area contributed by atoms with Gasteiger partial charge in [0.25, 0.3) is 5.91 Å². The normalized spacial score (nSPS) is 19.9. The number of ether oxygens (including phenoxy) is 1. The van der Waals surface area contributed by atoms with Gasteiger partial charge in [-0.15, -0.1) is 11.3 Å². The Kier molecular flexibility index (Phi) is 6.26. The summed E-state index contributed by atoms with van der Waals surface area (Å²) in [7, 11) is 0. The summed E-state index contributed by atoms with van der Waals surface area (Å²) in [5.41, 5.74) is 0. The fraction of sp³-hybridized carbons (Fsp3) is 0.611. The Bertz CT molecular complexity index is 635. The highest BCUT2D eigenvalue weighted by molar-refractivity contribution is 7.12. The lowest BCUT2D eigenvalue weighted by atomic mass is 9.88. The Morgan fingerprint density at radius 1 is 1.15 bits per heavy atom. The van der Waals surface area contributed by atoms with Gasteiger partial charge in [0, 0.05) is 33.1 Å². The minimum absolute atomic E-state index is 0.0323. The molecular weight excluding hydrogens is 354 g/mol. The molecule has 1 atom stereocenters. The lowest BCUT2D eigenvalue weighted by molar-refractivity contribution is -0.139. The topological polar surface area (TPSA) is 79.0 Å². The third kappa shape index (κ3) is 4.42. The minimum atomic E-state index is -0.559. The molecule has 1 unspecified atom stereocenters. The zero-order valence-electron chi connectivity index (χ0n) is 15.0. The van der Waals surface area contributed by atoms with Crippen LogP contribution in [0.1, 0.15) is 29.4 Å². The molecule has 2 fully saturated rings. The summed E-state index contributed by atoms with van der Waals surface area (Å²) in [4.78, 5) is 41.4. The molecule has 2 saturated heterocycles. The van der Waals surface area contributed by atoms with E-state index in [0.717, 1.165) is 0 Å². The van der Waals surface area contributed by atoms with Crippen LogP contribution in [0.3, 0.4) is 0 Å². The second-order valence-electron chi connectivity index (χ2n) is 6.71. The van der Waals surface area contributed by atoms with E-state index in [9.17, 15) is 14.4 Å². The highest BCUT2D eigenvalue weighted by Gasteiger charge is 2.36. The fourth-order valence-electron chi connectivity index (χ4n) is 3.53. The Morgan fingerprint density at radius 3 is 2.42 bits per heavy atom. The number of thiophene rings is 1. The maximum atomic E-state index is 13.1. The second kappa shape index (κ2) is 8.64. The molecule has 0 aliphatic carbocycles. The van der Waals surface area contributed by atoms with Crippen molar-refractivity contribution in [2.24, 2.45) is 5.92 Å². The summed E-state index contributed by atoms with van der Waals surface area (Å²) in [6.45, 7) is 4.98. The van der Waals surface area contributed by atoms with Gasteiger partial charge in [-0.2, -0.15) is 0 Å². The lowest BCUT2D eigenvalue weighted by Gasteiger charge is -2.38. The quantitative estimate of drug-likeness (QED) is 0.845. The maximum Gasteiger partial charge on any atom is 0.262 e.